The largest absolute Gasteiger partial charge is 0.507 e. The molecule has 2 aromatic carbocycles. The number of halogens is 3. The van der Waals surface area contributed by atoms with Crippen molar-refractivity contribution >= 4 is 31.6 Å². The van der Waals surface area contributed by atoms with Crippen LogP contribution in [-0.2, 0) is 16.4 Å². The summed E-state index contributed by atoms with van der Waals surface area (Å²) in [5.74, 6) is -1.97. The fourth-order valence-electron chi connectivity index (χ4n) is 4.41. The van der Waals surface area contributed by atoms with E-state index in [4.69, 9.17) is 0 Å². The lowest BCUT2D eigenvalue weighted by Crippen LogP contribution is -2.39. The SMILES string of the molecule is O=S(=O)(c1ccc(F)c(F)c1)N1CCC(Cc2cc(-c3ccccc3O)nc3c(Br)cnn23)CC1. The van der Waals surface area contributed by atoms with E-state index in [0.717, 1.165) is 28.4 Å². The Hall–Kier alpha value is -2.89. The molecule has 1 fully saturated rings. The van der Waals surface area contributed by atoms with Crippen LogP contribution in [-0.4, -0.2) is 45.5 Å². The van der Waals surface area contributed by atoms with Gasteiger partial charge < -0.3 is 5.11 Å². The van der Waals surface area contributed by atoms with Gasteiger partial charge in [-0.15, -0.1) is 0 Å². The molecule has 1 aliphatic heterocycles. The van der Waals surface area contributed by atoms with Gasteiger partial charge in [0.25, 0.3) is 0 Å². The molecule has 4 aromatic rings. The summed E-state index contributed by atoms with van der Waals surface area (Å²) in [4.78, 5) is 4.41. The van der Waals surface area contributed by atoms with Gasteiger partial charge >= 0.3 is 0 Å². The van der Waals surface area contributed by atoms with E-state index < -0.39 is 21.7 Å². The van der Waals surface area contributed by atoms with Crippen molar-refractivity contribution in [1.29, 1.82) is 0 Å². The second-order valence-corrected chi connectivity index (χ2v) is 11.3. The zero-order valence-electron chi connectivity index (χ0n) is 18.4. The van der Waals surface area contributed by atoms with Crippen molar-refractivity contribution in [3.05, 3.63) is 76.5 Å². The average Bonchev–Trinajstić information content (AvgIpc) is 3.22. The number of phenolic OH excluding ortho intramolecular Hbond substituents is 1. The van der Waals surface area contributed by atoms with Crippen molar-refractivity contribution in [3.8, 4) is 17.0 Å². The Morgan fingerprint density at radius 2 is 1.80 bits per heavy atom. The quantitative estimate of drug-likeness (QED) is 0.378. The molecule has 1 aliphatic rings. The molecule has 0 amide bonds. The number of rotatable bonds is 5. The van der Waals surface area contributed by atoms with Crippen LogP contribution in [0.3, 0.4) is 0 Å². The summed E-state index contributed by atoms with van der Waals surface area (Å²) in [5, 5.41) is 14.7. The Balaban J connectivity index is 1.37. The van der Waals surface area contributed by atoms with Gasteiger partial charge in [0.05, 0.1) is 21.3 Å². The lowest BCUT2D eigenvalue weighted by Gasteiger charge is -2.31. The molecular formula is C24H21BrF2N4O3S. The molecule has 0 unspecified atom stereocenters. The van der Waals surface area contributed by atoms with Crippen LogP contribution in [0.2, 0.25) is 0 Å². The molecule has 0 saturated carbocycles. The van der Waals surface area contributed by atoms with Crippen LogP contribution in [0, 0.1) is 17.6 Å². The maximum atomic E-state index is 13.6. The lowest BCUT2D eigenvalue weighted by atomic mass is 9.92. The maximum absolute atomic E-state index is 13.6. The van der Waals surface area contributed by atoms with Crippen molar-refractivity contribution in [2.24, 2.45) is 5.92 Å². The van der Waals surface area contributed by atoms with Crippen LogP contribution in [0.25, 0.3) is 16.9 Å². The molecule has 0 spiro atoms. The second kappa shape index (κ2) is 9.29. The van der Waals surface area contributed by atoms with E-state index in [1.165, 1.54) is 4.31 Å². The van der Waals surface area contributed by atoms with Gasteiger partial charge in [0.1, 0.15) is 5.75 Å². The molecule has 3 heterocycles. The highest BCUT2D eigenvalue weighted by atomic mass is 79.9. The van der Waals surface area contributed by atoms with Gasteiger partial charge in [-0.3, -0.25) is 0 Å². The smallest absolute Gasteiger partial charge is 0.243 e. The number of aromatic hydroxyl groups is 1. The number of hydrogen-bond donors (Lipinski definition) is 1. The predicted octanol–water partition coefficient (Wildman–Crippen LogP) is 4.79. The van der Waals surface area contributed by atoms with Crippen molar-refractivity contribution in [2.75, 3.05) is 13.1 Å². The van der Waals surface area contributed by atoms with E-state index in [0.29, 0.717) is 36.2 Å². The lowest BCUT2D eigenvalue weighted by molar-refractivity contribution is 0.271. The minimum absolute atomic E-state index is 0.127. The molecule has 1 N–H and O–H groups in total. The molecule has 7 nitrogen and oxygen atoms in total. The van der Waals surface area contributed by atoms with Crippen molar-refractivity contribution in [2.45, 2.75) is 24.2 Å². The molecule has 0 bridgehead atoms. The fourth-order valence-corrected chi connectivity index (χ4v) is 6.24. The highest BCUT2D eigenvalue weighted by molar-refractivity contribution is 9.10. The number of fused-ring (bicyclic) bond motifs is 1. The zero-order valence-corrected chi connectivity index (χ0v) is 20.8. The number of piperidine rings is 1. The third-order valence-electron chi connectivity index (χ3n) is 6.28. The van der Waals surface area contributed by atoms with Crippen molar-refractivity contribution in [3.63, 3.8) is 0 Å². The number of benzene rings is 2. The molecule has 0 atom stereocenters. The molecule has 1 saturated heterocycles. The molecule has 0 aliphatic carbocycles. The number of aromatic nitrogens is 3. The van der Waals surface area contributed by atoms with Gasteiger partial charge in [0, 0.05) is 24.3 Å². The standard InChI is InChI=1S/C24H21BrF2N4O3S/c25-19-14-28-31-16(12-22(29-24(19)31)18-3-1-2-4-23(18)32)11-15-7-9-30(10-8-15)35(33,34)17-5-6-20(26)21(27)13-17/h1-6,12-15,32H,7-11H2. The van der Waals surface area contributed by atoms with E-state index in [9.17, 15) is 22.3 Å². The number of sulfonamides is 1. The molecule has 5 rings (SSSR count). The van der Waals surface area contributed by atoms with E-state index in [2.05, 4.69) is 26.0 Å². The molecule has 11 heteroatoms. The van der Waals surface area contributed by atoms with E-state index in [1.54, 1.807) is 28.9 Å². The maximum Gasteiger partial charge on any atom is 0.243 e. The highest BCUT2D eigenvalue weighted by Gasteiger charge is 2.30. The third-order valence-corrected chi connectivity index (χ3v) is 8.74. The third kappa shape index (κ3) is 4.55. The summed E-state index contributed by atoms with van der Waals surface area (Å²) in [6.07, 6.45) is 3.49. The molecule has 0 radical (unpaired) electrons. The van der Waals surface area contributed by atoms with Gasteiger partial charge in [-0.05, 0) is 77.5 Å². The molecule has 182 valence electrons. The first-order valence-corrected chi connectivity index (χ1v) is 13.2. The fraction of sp³-hybridized carbons (Fsp3) is 0.250. The Labute approximate surface area is 209 Å². The van der Waals surface area contributed by atoms with Crippen molar-refractivity contribution in [1.82, 2.24) is 18.9 Å². The summed E-state index contributed by atoms with van der Waals surface area (Å²) in [6, 6.07) is 11.5. The first-order chi connectivity index (χ1) is 16.7. The van der Waals surface area contributed by atoms with E-state index >= 15 is 0 Å². The Morgan fingerprint density at radius 1 is 1.06 bits per heavy atom. The summed E-state index contributed by atoms with van der Waals surface area (Å²) in [7, 11) is -3.91. The molecular weight excluding hydrogens is 542 g/mol. The van der Waals surface area contributed by atoms with Crippen LogP contribution in [0.5, 0.6) is 5.75 Å². The van der Waals surface area contributed by atoms with Crippen LogP contribution in [0.15, 0.2) is 64.1 Å². The number of phenols is 1. The topological polar surface area (TPSA) is 87.8 Å². The predicted molar refractivity (Wildman–Crippen MR) is 129 cm³/mol. The average molecular weight is 563 g/mol. The first-order valence-electron chi connectivity index (χ1n) is 11.0. The second-order valence-electron chi connectivity index (χ2n) is 8.51. The minimum Gasteiger partial charge on any atom is -0.507 e. The summed E-state index contributed by atoms with van der Waals surface area (Å²) < 4.78 is 56.5. The van der Waals surface area contributed by atoms with Gasteiger partial charge in [-0.25, -0.2) is 26.7 Å². The van der Waals surface area contributed by atoms with Gasteiger partial charge in [0.15, 0.2) is 17.3 Å². The number of para-hydroxylation sites is 1. The van der Waals surface area contributed by atoms with E-state index in [-0.39, 0.29) is 29.7 Å². The van der Waals surface area contributed by atoms with Crippen LogP contribution < -0.4 is 0 Å². The van der Waals surface area contributed by atoms with Gasteiger partial charge in [-0.2, -0.15) is 9.40 Å². The first kappa shape index (κ1) is 23.8. The van der Waals surface area contributed by atoms with Gasteiger partial charge in [0.2, 0.25) is 10.0 Å². The molecule has 2 aromatic heterocycles. The van der Waals surface area contributed by atoms with E-state index in [1.807, 2.05) is 12.1 Å². The van der Waals surface area contributed by atoms with Crippen molar-refractivity contribution < 1.29 is 22.3 Å². The Bertz CT molecular complexity index is 1520. The van der Waals surface area contributed by atoms with Crippen LogP contribution in [0.1, 0.15) is 18.5 Å². The van der Waals surface area contributed by atoms with Crippen LogP contribution in [0.4, 0.5) is 8.78 Å². The minimum atomic E-state index is -3.91. The zero-order chi connectivity index (χ0) is 24.7. The number of hydrogen-bond acceptors (Lipinski definition) is 5. The normalized spacial score (nSPS) is 15.6. The van der Waals surface area contributed by atoms with Gasteiger partial charge in [-0.1, -0.05) is 12.1 Å². The Kier molecular flexibility index (Phi) is 6.32. The number of nitrogens with zero attached hydrogens (tertiary/aromatic N) is 4. The Morgan fingerprint density at radius 3 is 2.51 bits per heavy atom. The summed E-state index contributed by atoms with van der Waals surface area (Å²) in [5.41, 5.74) is 2.74. The monoisotopic (exact) mass is 562 g/mol. The summed E-state index contributed by atoms with van der Waals surface area (Å²) in [6.45, 7) is 0.546. The highest BCUT2D eigenvalue weighted by Crippen LogP contribution is 2.32. The van der Waals surface area contributed by atoms with Crippen LogP contribution >= 0.6 is 15.9 Å². The summed E-state index contributed by atoms with van der Waals surface area (Å²) >= 11 is 3.48. The molecule has 35 heavy (non-hydrogen) atoms.